The average molecular weight is 218 g/mol. The molecule has 3 atom stereocenters. The summed E-state index contributed by atoms with van der Waals surface area (Å²) >= 11 is 0. The van der Waals surface area contributed by atoms with E-state index in [1.165, 1.54) is 0 Å². The van der Waals surface area contributed by atoms with E-state index < -0.39 is 10.8 Å². The minimum Gasteiger partial charge on any atom is -0.344 e. The van der Waals surface area contributed by atoms with Crippen molar-refractivity contribution >= 4 is 16.7 Å². The van der Waals surface area contributed by atoms with Crippen molar-refractivity contribution in [3.8, 4) is 0 Å². The van der Waals surface area contributed by atoms with Crippen LogP contribution in [0.25, 0.3) is 0 Å². The third-order valence-corrected chi connectivity index (χ3v) is 3.37. The van der Waals surface area contributed by atoms with Gasteiger partial charge in [0.15, 0.2) is 0 Å². The van der Waals surface area contributed by atoms with E-state index in [-0.39, 0.29) is 18.0 Å². The molecule has 0 radical (unpaired) electrons. The van der Waals surface area contributed by atoms with Crippen LogP contribution in [0.2, 0.25) is 0 Å². The Bertz CT molecular complexity index is 245. The van der Waals surface area contributed by atoms with Crippen LogP contribution in [-0.4, -0.2) is 52.7 Å². The fourth-order valence-corrected chi connectivity index (χ4v) is 2.52. The quantitative estimate of drug-likeness (QED) is 0.697. The highest BCUT2D eigenvalue weighted by atomic mass is 32.2. The van der Waals surface area contributed by atoms with Crippen LogP contribution in [0.1, 0.15) is 13.3 Å². The molecular formula is C9H18N2O2S. The molecule has 1 fully saturated rings. The molecule has 3 unspecified atom stereocenters. The van der Waals surface area contributed by atoms with Gasteiger partial charge in [-0.3, -0.25) is 9.00 Å². The number of nitrogens with one attached hydrogen (secondary N) is 1. The van der Waals surface area contributed by atoms with Crippen LogP contribution >= 0.6 is 0 Å². The molecule has 0 aliphatic carbocycles. The number of amides is 1. The minimum atomic E-state index is -0.803. The Morgan fingerprint density at radius 2 is 2.36 bits per heavy atom. The number of likely N-dealkylation sites (tertiary alicyclic amines) is 1. The molecule has 1 aliphatic rings. The van der Waals surface area contributed by atoms with Crippen LogP contribution in [0, 0.1) is 0 Å². The van der Waals surface area contributed by atoms with E-state index >= 15 is 0 Å². The van der Waals surface area contributed by atoms with Crippen molar-refractivity contribution < 1.29 is 9.00 Å². The van der Waals surface area contributed by atoms with E-state index in [4.69, 9.17) is 0 Å². The van der Waals surface area contributed by atoms with Crippen molar-refractivity contribution in [3.63, 3.8) is 0 Å². The number of rotatable bonds is 4. The molecule has 0 aromatic rings. The molecule has 1 heterocycles. The summed E-state index contributed by atoms with van der Waals surface area (Å²) in [6.45, 7) is 2.78. The minimum absolute atomic E-state index is 0.0708. The summed E-state index contributed by atoms with van der Waals surface area (Å²) in [5.74, 6) is 0.756. The maximum absolute atomic E-state index is 11.5. The Morgan fingerprint density at radius 1 is 1.71 bits per heavy atom. The third-order valence-electron chi connectivity index (χ3n) is 2.40. The van der Waals surface area contributed by atoms with E-state index in [1.54, 1.807) is 11.2 Å². The van der Waals surface area contributed by atoms with E-state index in [9.17, 15) is 9.00 Å². The van der Waals surface area contributed by atoms with Gasteiger partial charge in [0.05, 0.1) is 6.04 Å². The van der Waals surface area contributed by atoms with Gasteiger partial charge in [-0.15, -0.1) is 0 Å². The smallest absolute Gasteiger partial charge is 0.239 e. The molecule has 1 N–H and O–H groups in total. The van der Waals surface area contributed by atoms with Crippen LogP contribution < -0.4 is 5.32 Å². The SMILES string of the molecule is CC(CS(C)=O)NC1CCN(C)C1=O. The van der Waals surface area contributed by atoms with Crippen molar-refractivity contribution in [2.24, 2.45) is 0 Å². The lowest BCUT2D eigenvalue weighted by Crippen LogP contribution is -2.43. The predicted octanol–water partition coefficient (Wildman–Crippen LogP) is -0.426. The second-order valence-corrected chi connectivity index (χ2v) is 5.39. The summed E-state index contributed by atoms with van der Waals surface area (Å²) in [5, 5.41) is 3.21. The van der Waals surface area contributed by atoms with Gasteiger partial charge in [0.1, 0.15) is 0 Å². The number of hydrogen-bond donors (Lipinski definition) is 1. The van der Waals surface area contributed by atoms with Gasteiger partial charge in [-0.1, -0.05) is 0 Å². The number of carbonyl (C=O) groups is 1. The molecule has 82 valence electrons. The molecule has 0 aromatic heterocycles. The second-order valence-electron chi connectivity index (χ2n) is 3.91. The van der Waals surface area contributed by atoms with Crippen molar-refractivity contribution in [2.75, 3.05) is 25.6 Å². The Labute approximate surface area is 87.5 Å². The van der Waals surface area contributed by atoms with E-state index in [1.807, 2.05) is 14.0 Å². The van der Waals surface area contributed by atoms with E-state index in [2.05, 4.69) is 5.32 Å². The van der Waals surface area contributed by atoms with Crippen molar-refractivity contribution in [1.29, 1.82) is 0 Å². The molecule has 0 bridgehead atoms. The third kappa shape index (κ3) is 3.06. The molecule has 1 saturated heterocycles. The maximum Gasteiger partial charge on any atom is 0.239 e. The fraction of sp³-hybridized carbons (Fsp3) is 0.889. The lowest BCUT2D eigenvalue weighted by molar-refractivity contribution is -0.128. The lowest BCUT2D eigenvalue weighted by Gasteiger charge is -2.17. The number of carbonyl (C=O) groups excluding carboxylic acids is 1. The van der Waals surface area contributed by atoms with Crippen LogP contribution in [-0.2, 0) is 15.6 Å². The molecule has 1 amide bonds. The standard InChI is InChI=1S/C9H18N2O2S/c1-7(6-14(3)13)10-8-4-5-11(2)9(8)12/h7-8,10H,4-6H2,1-3H3. The van der Waals surface area contributed by atoms with Gasteiger partial charge in [-0.25, -0.2) is 0 Å². The van der Waals surface area contributed by atoms with Gasteiger partial charge < -0.3 is 10.2 Å². The van der Waals surface area contributed by atoms with Crippen LogP contribution in [0.5, 0.6) is 0 Å². The van der Waals surface area contributed by atoms with E-state index in [0.717, 1.165) is 13.0 Å². The van der Waals surface area contributed by atoms with Crippen molar-refractivity contribution in [3.05, 3.63) is 0 Å². The molecule has 4 nitrogen and oxygen atoms in total. The van der Waals surface area contributed by atoms with Gasteiger partial charge in [-0.05, 0) is 13.3 Å². The first kappa shape index (κ1) is 11.7. The summed E-state index contributed by atoms with van der Waals surface area (Å²) in [7, 11) is 1.01. The molecular weight excluding hydrogens is 200 g/mol. The molecule has 1 aliphatic heterocycles. The first-order valence-electron chi connectivity index (χ1n) is 4.81. The Balaban J connectivity index is 2.37. The van der Waals surface area contributed by atoms with Gasteiger partial charge in [-0.2, -0.15) is 0 Å². The first-order chi connectivity index (χ1) is 6.50. The Kier molecular flexibility index (Phi) is 4.07. The van der Waals surface area contributed by atoms with Gasteiger partial charge in [0, 0.05) is 42.4 Å². The Hall–Kier alpha value is -0.420. The number of hydrogen-bond acceptors (Lipinski definition) is 3. The summed E-state index contributed by atoms with van der Waals surface area (Å²) in [6, 6.07) is 0.0693. The molecule has 0 aromatic carbocycles. The topological polar surface area (TPSA) is 49.4 Å². The highest BCUT2D eigenvalue weighted by Crippen LogP contribution is 2.09. The number of nitrogens with zero attached hydrogens (tertiary/aromatic N) is 1. The predicted molar refractivity (Wildman–Crippen MR) is 57.6 cm³/mol. The summed E-state index contributed by atoms with van der Waals surface area (Å²) in [4.78, 5) is 13.2. The maximum atomic E-state index is 11.5. The first-order valence-corrected chi connectivity index (χ1v) is 6.54. The highest BCUT2D eigenvalue weighted by Gasteiger charge is 2.29. The van der Waals surface area contributed by atoms with Crippen LogP contribution in [0.3, 0.4) is 0 Å². The fourth-order valence-electron chi connectivity index (χ4n) is 1.72. The monoisotopic (exact) mass is 218 g/mol. The van der Waals surface area contributed by atoms with Gasteiger partial charge in [0.25, 0.3) is 0 Å². The molecule has 14 heavy (non-hydrogen) atoms. The summed E-state index contributed by atoms with van der Waals surface area (Å²) in [6.07, 6.45) is 2.54. The summed E-state index contributed by atoms with van der Waals surface area (Å²) in [5.41, 5.74) is 0. The zero-order valence-corrected chi connectivity index (χ0v) is 9.76. The number of likely N-dealkylation sites (N-methyl/N-ethyl adjacent to an activating group) is 1. The Morgan fingerprint density at radius 3 is 2.79 bits per heavy atom. The van der Waals surface area contributed by atoms with Crippen molar-refractivity contribution in [2.45, 2.75) is 25.4 Å². The highest BCUT2D eigenvalue weighted by molar-refractivity contribution is 7.84. The zero-order chi connectivity index (χ0) is 10.7. The van der Waals surface area contributed by atoms with Gasteiger partial charge in [0.2, 0.25) is 5.91 Å². The average Bonchev–Trinajstić information content (AvgIpc) is 2.34. The largest absolute Gasteiger partial charge is 0.344 e. The molecule has 0 saturated carbocycles. The lowest BCUT2D eigenvalue weighted by atomic mass is 10.2. The zero-order valence-electron chi connectivity index (χ0n) is 8.95. The van der Waals surface area contributed by atoms with Crippen molar-refractivity contribution in [1.82, 2.24) is 10.2 Å². The second kappa shape index (κ2) is 4.89. The normalized spacial score (nSPS) is 26.6. The summed E-state index contributed by atoms with van der Waals surface area (Å²) < 4.78 is 10.9. The van der Waals surface area contributed by atoms with Crippen LogP contribution in [0.4, 0.5) is 0 Å². The van der Waals surface area contributed by atoms with Gasteiger partial charge >= 0.3 is 0 Å². The molecule has 0 spiro atoms. The van der Waals surface area contributed by atoms with Crippen LogP contribution in [0.15, 0.2) is 0 Å². The molecule has 1 rings (SSSR count). The molecule has 5 heteroatoms. The van der Waals surface area contributed by atoms with E-state index in [0.29, 0.717) is 5.75 Å².